The molecule has 9 nitrogen and oxygen atoms in total. The summed E-state index contributed by atoms with van der Waals surface area (Å²) < 4.78 is 59.9. The quantitative estimate of drug-likeness (QED) is 0.326. The molecule has 2 amide bonds. The number of ether oxygens (including phenoxy) is 1. The molecule has 0 bridgehead atoms. The Balaban J connectivity index is 1.34. The molecule has 4 aromatic rings. The molecule has 0 radical (unpaired) electrons. The molecule has 0 unspecified atom stereocenters. The highest BCUT2D eigenvalue weighted by molar-refractivity contribution is 6.00. The number of urea groups is 1. The van der Waals surface area contributed by atoms with E-state index in [0.29, 0.717) is 55.0 Å². The highest BCUT2D eigenvalue weighted by atomic mass is 19.4. The first-order valence-corrected chi connectivity index (χ1v) is 11.7. The van der Waals surface area contributed by atoms with Crippen molar-refractivity contribution in [2.24, 2.45) is 0 Å². The second kappa shape index (κ2) is 10.3. The predicted octanol–water partition coefficient (Wildman–Crippen LogP) is 4.61. The number of aromatic nitrogens is 3. The smallest absolute Gasteiger partial charge is 0.382 e. The number of nitrogens with one attached hydrogen (secondary N) is 2. The zero-order valence-electron chi connectivity index (χ0n) is 19.9. The standard InChI is InChI=1S/C25H23F4N7O2/c26-20-6-3-16(25(27,28)29)11-21(20)34-24(37)33-17-4-1-15(2-5-17)19-12-18(13-35-7-9-38-10-8-35)36-22(19)23(30)31-14-32-36/h1-6,11-12,14H,7-10,13H2,(H2,30,31,32)(H2,33,34,37). The van der Waals surface area contributed by atoms with Gasteiger partial charge in [-0.25, -0.2) is 18.7 Å². The molecule has 1 saturated heterocycles. The molecule has 3 heterocycles. The number of anilines is 3. The molecule has 5 rings (SSSR count). The molecule has 198 valence electrons. The second-order valence-electron chi connectivity index (χ2n) is 8.69. The Bertz CT molecular complexity index is 1470. The van der Waals surface area contributed by atoms with E-state index >= 15 is 0 Å². The van der Waals surface area contributed by atoms with E-state index in [4.69, 9.17) is 10.5 Å². The minimum absolute atomic E-state index is 0.313. The Morgan fingerprint density at radius 2 is 1.79 bits per heavy atom. The number of benzene rings is 2. The highest BCUT2D eigenvalue weighted by Crippen LogP contribution is 2.33. The summed E-state index contributed by atoms with van der Waals surface area (Å²) in [4.78, 5) is 18.7. The van der Waals surface area contributed by atoms with Crippen LogP contribution in [-0.4, -0.2) is 51.8 Å². The Hall–Kier alpha value is -4.23. The maximum Gasteiger partial charge on any atom is 0.416 e. The third-order valence-electron chi connectivity index (χ3n) is 6.14. The Labute approximate surface area is 214 Å². The summed E-state index contributed by atoms with van der Waals surface area (Å²) >= 11 is 0. The number of hydrogen-bond acceptors (Lipinski definition) is 6. The zero-order valence-corrected chi connectivity index (χ0v) is 19.9. The predicted molar refractivity (Wildman–Crippen MR) is 133 cm³/mol. The molecule has 1 aliphatic heterocycles. The van der Waals surface area contributed by atoms with E-state index in [0.717, 1.165) is 29.9 Å². The number of amides is 2. The Kier molecular flexibility index (Phi) is 6.87. The second-order valence-corrected chi connectivity index (χ2v) is 8.69. The number of halogens is 4. The summed E-state index contributed by atoms with van der Waals surface area (Å²) in [6, 6.07) is 9.62. The molecule has 1 fully saturated rings. The van der Waals surface area contributed by atoms with Crippen LogP contribution in [-0.2, 0) is 17.5 Å². The molecule has 2 aromatic carbocycles. The number of rotatable bonds is 5. The van der Waals surface area contributed by atoms with E-state index < -0.39 is 29.3 Å². The van der Waals surface area contributed by atoms with E-state index in [-0.39, 0.29) is 0 Å². The minimum Gasteiger partial charge on any atom is -0.382 e. The minimum atomic E-state index is -4.67. The van der Waals surface area contributed by atoms with Gasteiger partial charge in [-0.1, -0.05) is 12.1 Å². The number of carbonyl (C=O) groups is 1. The number of nitrogens with two attached hydrogens (primary N) is 1. The van der Waals surface area contributed by atoms with Crippen molar-refractivity contribution in [3.05, 3.63) is 71.9 Å². The van der Waals surface area contributed by atoms with Gasteiger partial charge < -0.3 is 21.1 Å². The van der Waals surface area contributed by atoms with Gasteiger partial charge >= 0.3 is 12.2 Å². The summed E-state index contributed by atoms with van der Waals surface area (Å²) in [5.74, 6) is -0.676. The van der Waals surface area contributed by atoms with Crippen LogP contribution in [0, 0.1) is 5.82 Å². The summed E-state index contributed by atoms with van der Waals surface area (Å²) in [5, 5.41) is 8.99. The average molecular weight is 529 g/mol. The van der Waals surface area contributed by atoms with Crippen molar-refractivity contribution in [3.8, 4) is 11.1 Å². The fourth-order valence-electron chi connectivity index (χ4n) is 4.27. The van der Waals surface area contributed by atoms with E-state index in [1.807, 2.05) is 6.07 Å². The molecule has 4 N–H and O–H groups in total. The lowest BCUT2D eigenvalue weighted by atomic mass is 10.1. The van der Waals surface area contributed by atoms with Crippen LogP contribution in [0.15, 0.2) is 54.9 Å². The van der Waals surface area contributed by atoms with Crippen LogP contribution in [0.5, 0.6) is 0 Å². The number of morpholine rings is 1. The number of carbonyl (C=O) groups excluding carboxylic acids is 1. The first-order valence-electron chi connectivity index (χ1n) is 11.7. The molecular weight excluding hydrogens is 506 g/mol. The molecule has 0 atom stereocenters. The van der Waals surface area contributed by atoms with Crippen LogP contribution in [0.1, 0.15) is 11.3 Å². The SMILES string of the molecule is Nc1ncnn2c(CN3CCOCC3)cc(-c3ccc(NC(=O)Nc4cc(C(F)(F)F)ccc4F)cc3)c12. The van der Waals surface area contributed by atoms with Gasteiger partial charge in [0.25, 0.3) is 0 Å². The van der Waals surface area contributed by atoms with Crippen molar-refractivity contribution in [3.63, 3.8) is 0 Å². The first-order chi connectivity index (χ1) is 18.2. The van der Waals surface area contributed by atoms with Gasteiger partial charge in [-0.2, -0.15) is 18.3 Å². The van der Waals surface area contributed by atoms with E-state index in [9.17, 15) is 22.4 Å². The molecule has 1 aliphatic rings. The fourth-order valence-corrected chi connectivity index (χ4v) is 4.27. The normalized spacial score (nSPS) is 14.5. The van der Waals surface area contributed by atoms with Gasteiger partial charge in [0, 0.05) is 30.9 Å². The Morgan fingerprint density at radius 3 is 2.50 bits per heavy atom. The van der Waals surface area contributed by atoms with Gasteiger partial charge in [-0.3, -0.25) is 4.90 Å². The first kappa shape index (κ1) is 25.4. The van der Waals surface area contributed by atoms with Gasteiger partial charge in [0.05, 0.1) is 30.2 Å². The summed E-state index contributed by atoms with van der Waals surface area (Å²) in [6.45, 7) is 3.57. The number of nitrogens with zero attached hydrogens (tertiary/aromatic N) is 4. The molecule has 0 aliphatic carbocycles. The Morgan fingerprint density at radius 1 is 1.05 bits per heavy atom. The highest BCUT2D eigenvalue weighted by Gasteiger charge is 2.31. The lowest BCUT2D eigenvalue weighted by Crippen LogP contribution is -2.36. The largest absolute Gasteiger partial charge is 0.416 e. The van der Waals surface area contributed by atoms with Crippen LogP contribution < -0.4 is 16.4 Å². The van der Waals surface area contributed by atoms with Gasteiger partial charge in [0.1, 0.15) is 17.7 Å². The number of fused-ring (bicyclic) bond motifs is 1. The lowest BCUT2D eigenvalue weighted by molar-refractivity contribution is -0.137. The van der Waals surface area contributed by atoms with Crippen LogP contribution in [0.3, 0.4) is 0 Å². The van der Waals surface area contributed by atoms with Crippen molar-refractivity contribution in [2.45, 2.75) is 12.7 Å². The molecular formula is C25H23F4N7O2. The van der Waals surface area contributed by atoms with Crippen molar-refractivity contribution < 1.29 is 27.1 Å². The van der Waals surface area contributed by atoms with Gasteiger partial charge in [-0.15, -0.1) is 0 Å². The molecule has 0 spiro atoms. The van der Waals surface area contributed by atoms with Crippen molar-refractivity contribution in [1.82, 2.24) is 19.5 Å². The summed E-state index contributed by atoms with van der Waals surface area (Å²) in [7, 11) is 0. The van der Waals surface area contributed by atoms with Crippen LogP contribution in [0.2, 0.25) is 0 Å². The van der Waals surface area contributed by atoms with E-state index in [1.54, 1.807) is 28.8 Å². The van der Waals surface area contributed by atoms with Crippen LogP contribution in [0.4, 0.5) is 39.5 Å². The van der Waals surface area contributed by atoms with E-state index in [1.165, 1.54) is 6.33 Å². The average Bonchev–Trinajstić information content (AvgIpc) is 3.25. The van der Waals surface area contributed by atoms with Crippen molar-refractivity contribution in [2.75, 3.05) is 42.7 Å². The number of hydrogen-bond donors (Lipinski definition) is 3. The van der Waals surface area contributed by atoms with Crippen molar-refractivity contribution >= 4 is 28.7 Å². The zero-order chi connectivity index (χ0) is 26.9. The van der Waals surface area contributed by atoms with Crippen LogP contribution in [0.25, 0.3) is 16.6 Å². The van der Waals surface area contributed by atoms with Crippen LogP contribution >= 0.6 is 0 Å². The van der Waals surface area contributed by atoms with Gasteiger partial charge in [-0.05, 0) is 42.0 Å². The fraction of sp³-hybridized carbons (Fsp3) is 0.240. The molecule has 13 heteroatoms. The summed E-state index contributed by atoms with van der Waals surface area (Å²) in [6.07, 6.45) is -3.27. The third kappa shape index (κ3) is 5.38. The maximum absolute atomic E-state index is 14.0. The third-order valence-corrected chi connectivity index (χ3v) is 6.14. The maximum atomic E-state index is 14.0. The number of alkyl halides is 3. The molecule has 2 aromatic heterocycles. The number of nitrogen functional groups attached to an aromatic ring is 1. The molecule has 38 heavy (non-hydrogen) atoms. The monoisotopic (exact) mass is 529 g/mol. The topological polar surface area (TPSA) is 110 Å². The van der Waals surface area contributed by atoms with Gasteiger partial charge in [0.15, 0.2) is 5.82 Å². The summed E-state index contributed by atoms with van der Waals surface area (Å²) in [5.41, 5.74) is 8.03. The van der Waals surface area contributed by atoms with E-state index in [2.05, 4.69) is 25.6 Å². The lowest BCUT2D eigenvalue weighted by Gasteiger charge is -2.26. The van der Waals surface area contributed by atoms with Gasteiger partial charge in [0.2, 0.25) is 0 Å². The van der Waals surface area contributed by atoms with Crippen molar-refractivity contribution in [1.29, 1.82) is 0 Å². The molecule has 0 saturated carbocycles.